The number of aromatic nitrogens is 1. The Labute approximate surface area is 86.3 Å². The summed E-state index contributed by atoms with van der Waals surface area (Å²) in [4.78, 5) is 3.66. The van der Waals surface area contributed by atoms with Crippen LogP contribution in [0.5, 0.6) is 0 Å². The van der Waals surface area contributed by atoms with Crippen LogP contribution in [0.15, 0.2) is 9.98 Å². The zero-order valence-electron chi connectivity index (χ0n) is 13.8. The van der Waals surface area contributed by atoms with Gasteiger partial charge in [0.25, 0.3) is 0 Å². The molecule has 1 aromatic heterocycles. The van der Waals surface area contributed by atoms with Crippen molar-refractivity contribution in [2.75, 3.05) is 0 Å². The molecule has 1 nitrogen and oxygen atoms in total. The highest BCUT2D eigenvalue weighted by Gasteiger charge is 2.01. The van der Waals surface area contributed by atoms with Gasteiger partial charge < -0.3 is 0 Å². The van der Waals surface area contributed by atoms with Crippen LogP contribution in [0.1, 0.15) is 31.0 Å². The highest BCUT2D eigenvalue weighted by atomic mass is 79.9. The molecule has 0 amide bonds. The molecule has 0 aromatic carbocycles. The molecule has 0 bridgehead atoms. The van der Waals surface area contributed by atoms with Crippen LogP contribution in [0.3, 0.4) is 0 Å². The van der Waals surface area contributed by atoms with Gasteiger partial charge in [0.1, 0.15) is 0 Å². The fraction of sp³-hybridized carbons (Fsp3) is 0.571. The smallest absolute Gasteiger partial charge is 0.0939 e. The summed E-state index contributed by atoms with van der Waals surface area (Å²) in [5.74, 6) is -3.30. The second kappa shape index (κ2) is 3.49. The second-order valence-corrected chi connectivity index (χ2v) is 3.88. The van der Waals surface area contributed by atoms with Crippen molar-refractivity contribution in [1.82, 2.24) is 4.98 Å². The van der Waals surface area contributed by atoms with Crippen LogP contribution in [-0.4, -0.2) is 4.98 Å². The van der Waals surface area contributed by atoms with Gasteiger partial charge in [0.15, 0.2) is 0 Å². The van der Waals surface area contributed by atoms with Gasteiger partial charge in [-0.25, -0.2) is 4.98 Å². The summed E-state index contributed by atoms with van der Waals surface area (Å²) >= 11 is 3.80. The molecule has 0 fully saturated rings. The molecular formula is C7H10BrNS. The third-order valence-corrected chi connectivity index (χ3v) is 2.10. The minimum Gasteiger partial charge on any atom is -0.248 e. The monoisotopic (exact) mass is 228 g/mol. The topological polar surface area (TPSA) is 12.9 Å². The molecule has 0 aliphatic heterocycles. The number of nitrogens with zero attached hydrogens (tertiary/aromatic N) is 1. The van der Waals surface area contributed by atoms with Crippen LogP contribution >= 0.6 is 27.3 Å². The largest absolute Gasteiger partial charge is 0.248 e. The number of thiazole rings is 1. The lowest BCUT2D eigenvalue weighted by Gasteiger charge is -1.97. The number of hydrogen-bond donors (Lipinski definition) is 0. The van der Waals surface area contributed by atoms with E-state index in [1.807, 2.05) is 0 Å². The van der Waals surface area contributed by atoms with Gasteiger partial charge in [0, 0.05) is 18.7 Å². The molecule has 0 saturated heterocycles. The van der Waals surface area contributed by atoms with Crippen molar-refractivity contribution >= 4 is 27.3 Å². The molecule has 0 spiro atoms. The van der Waals surface area contributed by atoms with Crippen LogP contribution in [-0.2, 0) is 6.37 Å². The van der Waals surface area contributed by atoms with Gasteiger partial charge in [-0.2, -0.15) is 0 Å². The zero-order valence-corrected chi connectivity index (χ0v) is 7.21. The van der Waals surface area contributed by atoms with E-state index in [0.29, 0.717) is 3.79 Å². The molecule has 0 aliphatic rings. The van der Waals surface area contributed by atoms with E-state index in [1.165, 1.54) is 6.20 Å². The zero-order chi connectivity index (χ0) is 15.3. The highest BCUT2D eigenvalue weighted by molar-refractivity contribution is 9.11. The van der Waals surface area contributed by atoms with Gasteiger partial charge in [0.2, 0.25) is 0 Å². The molecule has 56 valence electrons. The molecule has 0 atom stereocenters. The molecule has 0 unspecified atom stereocenters. The van der Waals surface area contributed by atoms with E-state index >= 15 is 0 Å². The summed E-state index contributed by atoms with van der Waals surface area (Å²) in [5.41, 5.74) is 0. The lowest BCUT2D eigenvalue weighted by atomic mass is 10.1. The molecule has 0 radical (unpaired) electrons. The maximum Gasteiger partial charge on any atom is 0.0939 e. The standard InChI is InChI=1S/C7H10BrNS/c1-5(2)3-7-9-4-6(8)10-7/h4-5H,3H2,1-2H3/i1D3,2D3,3D2,5D. The summed E-state index contributed by atoms with van der Waals surface area (Å²) in [6.45, 7) is -6.67. The van der Waals surface area contributed by atoms with Gasteiger partial charge in [0.05, 0.1) is 15.0 Å². The molecule has 0 saturated carbocycles. The van der Waals surface area contributed by atoms with Crippen LogP contribution in [0, 0.1) is 5.89 Å². The Kier molecular flexibility index (Phi) is 0.801. The predicted octanol–water partition coefficient (Wildman–Crippen LogP) is 3.10. The van der Waals surface area contributed by atoms with Crippen LogP contribution < -0.4 is 0 Å². The number of halogens is 1. The van der Waals surface area contributed by atoms with Gasteiger partial charge in [-0.1, -0.05) is 13.7 Å². The molecule has 1 aromatic rings. The lowest BCUT2D eigenvalue weighted by molar-refractivity contribution is 0.644. The third kappa shape index (κ3) is 2.39. The molecule has 0 N–H and O–H groups in total. The van der Waals surface area contributed by atoms with Crippen molar-refractivity contribution in [3.8, 4) is 0 Å². The first kappa shape index (κ1) is 2.30. The Balaban J connectivity index is 3.50. The summed E-state index contributed by atoms with van der Waals surface area (Å²) in [6, 6.07) is 0. The maximum atomic E-state index is 7.83. The summed E-state index contributed by atoms with van der Waals surface area (Å²) < 4.78 is 67.5. The molecule has 1 rings (SSSR count). The minimum atomic E-state index is -3.33. The van der Waals surface area contributed by atoms with Crippen molar-refractivity contribution in [3.63, 3.8) is 0 Å². The second-order valence-electron chi connectivity index (χ2n) is 1.47. The van der Waals surface area contributed by atoms with E-state index in [0.717, 1.165) is 11.3 Å². The third-order valence-electron chi connectivity index (χ3n) is 0.709. The van der Waals surface area contributed by atoms with Crippen molar-refractivity contribution < 1.29 is 12.3 Å². The number of rotatable bonds is 2. The van der Waals surface area contributed by atoms with Gasteiger partial charge in [-0.3, -0.25) is 0 Å². The van der Waals surface area contributed by atoms with Crippen molar-refractivity contribution in [2.45, 2.75) is 20.1 Å². The van der Waals surface area contributed by atoms with Crippen molar-refractivity contribution in [3.05, 3.63) is 15.0 Å². The van der Waals surface area contributed by atoms with E-state index in [2.05, 4.69) is 20.9 Å². The van der Waals surface area contributed by atoms with Gasteiger partial charge >= 0.3 is 0 Å². The minimum absolute atomic E-state index is 0.360. The Morgan fingerprint density at radius 3 is 3.40 bits per heavy atom. The van der Waals surface area contributed by atoms with E-state index in [-0.39, 0.29) is 5.01 Å². The first-order valence-electron chi connectivity index (χ1n) is 6.87. The van der Waals surface area contributed by atoms with E-state index < -0.39 is 26.0 Å². The maximum absolute atomic E-state index is 7.83. The number of hydrogen-bond acceptors (Lipinski definition) is 2. The van der Waals surface area contributed by atoms with Crippen molar-refractivity contribution in [2.24, 2.45) is 5.89 Å². The summed E-state index contributed by atoms with van der Waals surface area (Å²) in [6.07, 6.45) is -1.71. The molecule has 3 heteroatoms. The quantitative estimate of drug-likeness (QED) is 0.759. The van der Waals surface area contributed by atoms with Crippen LogP contribution in [0.4, 0.5) is 0 Å². The average molecular weight is 229 g/mol. The Morgan fingerprint density at radius 2 is 2.90 bits per heavy atom. The van der Waals surface area contributed by atoms with Gasteiger partial charge in [-0.05, 0) is 21.8 Å². The fourth-order valence-corrected chi connectivity index (χ4v) is 1.53. The van der Waals surface area contributed by atoms with E-state index in [4.69, 9.17) is 12.3 Å². The van der Waals surface area contributed by atoms with Gasteiger partial charge in [-0.15, -0.1) is 11.3 Å². The Bertz CT molecular complexity index is 448. The fourth-order valence-electron chi connectivity index (χ4n) is 0.419. The normalized spacial score (nSPS) is 29.1. The summed E-state index contributed by atoms with van der Waals surface area (Å²) in [5, 5.41) is -0.360. The average Bonchev–Trinajstić information content (AvgIpc) is 2.60. The van der Waals surface area contributed by atoms with Crippen molar-refractivity contribution in [1.29, 1.82) is 0 Å². The van der Waals surface area contributed by atoms with Crippen LogP contribution in [0.25, 0.3) is 0 Å². The van der Waals surface area contributed by atoms with Crippen LogP contribution in [0.2, 0.25) is 0 Å². The lowest BCUT2D eigenvalue weighted by Crippen LogP contribution is -1.91. The van der Waals surface area contributed by atoms with E-state index in [9.17, 15) is 0 Å². The molecule has 0 aliphatic carbocycles. The molecular weight excluding hydrogens is 210 g/mol. The Morgan fingerprint density at radius 1 is 2.10 bits per heavy atom. The molecule has 10 heavy (non-hydrogen) atoms. The molecule has 1 heterocycles. The van der Waals surface area contributed by atoms with E-state index in [1.54, 1.807) is 0 Å². The first-order chi connectivity index (χ1) is 8.25. The predicted molar refractivity (Wildman–Crippen MR) is 48.4 cm³/mol. The highest BCUT2D eigenvalue weighted by Crippen LogP contribution is 2.20. The SMILES string of the molecule is [2H]C([2H])([2H])C([2H])(C([2H])([2H])[2H])C([2H])([2H])c1ncc(Br)s1. The Hall–Kier alpha value is 0.110. The first-order valence-corrected chi connectivity index (χ1v) is 3.98. The summed E-state index contributed by atoms with van der Waals surface area (Å²) in [7, 11) is 0.